The molecule has 5 heteroatoms. The van der Waals surface area contributed by atoms with Gasteiger partial charge in [0, 0.05) is 12.7 Å². The van der Waals surface area contributed by atoms with Gasteiger partial charge in [0.1, 0.15) is 0 Å². The van der Waals surface area contributed by atoms with Crippen molar-refractivity contribution in [2.45, 2.75) is 32.2 Å². The van der Waals surface area contributed by atoms with E-state index in [0.29, 0.717) is 5.95 Å². The Morgan fingerprint density at radius 2 is 2.19 bits per heavy atom. The van der Waals surface area contributed by atoms with Crippen LogP contribution in [0.4, 0.5) is 5.95 Å². The number of anilines is 1. The summed E-state index contributed by atoms with van der Waals surface area (Å²) < 4.78 is 1.93. The third kappa shape index (κ3) is 2.63. The number of carboxylic acid groups (broad SMARTS) is 1. The molecule has 1 unspecified atom stereocenters. The summed E-state index contributed by atoms with van der Waals surface area (Å²) in [6.45, 7) is 2.98. The second kappa shape index (κ2) is 5.60. The van der Waals surface area contributed by atoms with Crippen molar-refractivity contribution in [1.29, 1.82) is 0 Å². The van der Waals surface area contributed by atoms with E-state index in [1.807, 2.05) is 4.57 Å². The maximum Gasteiger partial charge on any atom is 0.356 e. The minimum Gasteiger partial charge on any atom is -0.476 e. The molecular weight excluding hydrogens is 266 g/mol. The first-order valence-electron chi connectivity index (χ1n) is 7.34. The number of hydrogen-bond acceptors (Lipinski definition) is 3. The van der Waals surface area contributed by atoms with Gasteiger partial charge in [-0.2, -0.15) is 0 Å². The maximum absolute atomic E-state index is 11.1. The van der Waals surface area contributed by atoms with Gasteiger partial charge in [0.15, 0.2) is 5.69 Å². The van der Waals surface area contributed by atoms with Crippen LogP contribution in [-0.4, -0.2) is 27.2 Å². The van der Waals surface area contributed by atoms with E-state index in [9.17, 15) is 4.79 Å². The van der Waals surface area contributed by atoms with Crippen LogP contribution in [0.3, 0.4) is 0 Å². The van der Waals surface area contributed by atoms with E-state index in [4.69, 9.17) is 5.11 Å². The van der Waals surface area contributed by atoms with Gasteiger partial charge in [-0.1, -0.05) is 37.6 Å². The number of rotatable bonds is 4. The minimum absolute atomic E-state index is 0.0898. The number of nitrogens with zero attached hydrogens (tertiary/aromatic N) is 2. The molecule has 0 spiro atoms. The molecular formula is C16H19N3O2. The van der Waals surface area contributed by atoms with E-state index in [2.05, 4.69) is 41.5 Å². The lowest BCUT2D eigenvalue weighted by Crippen LogP contribution is -2.23. The number of carbonyl (C=O) groups is 1. The van der Waals surface area contributed by atoms with Crippen molar-refractivity contribution in [3.05, 3.63) is 47.3 Å². The topological polar surface area (TPSA) is 67.2 Å². The summed E-state index contributed by atoms with van der Waals surface area (Å²) in [5.41, 5.74) is 2.63. The van der Waals surface area contributed by atoms with E-state index in [0.717, 1.165) is 25.8 Å². The molecule has 0 saturated heterocycles. The fraction of sp³-hybridized carbons (Fsp3) is 0.375. The van der Waals surface area contributed by atoms with Gasteiger partial charge in [-0.05, 0) is 24.0 Å². The fourth-order valence-electron chi connectivity index (χ4n) is 2.85. The number of nitrogens with one attached hydrogen (secondary N) is 1. The number of benzene rings is 1. The highest BCUT2D eigenvalue weighted by Gasteiger charge is 2.24. The second-order valence-corrected chi connectivity index (χ2v) is 5.39. The standard InChI is InChI=1S/C16H19N3O2/c1-2-3-11-4-6-12(7-5-11)14-8-9-17-16-18-13(15(20)21)10-19(14)16/h4-7,10,14H,2-3,8-9H2,1H3,(H,17,18)(H,20,21). The van der Waals surface area contributed by atoms with Crippen LogP contribution in [0.25, 0.3) is 0 Å². The molecule has 21 heavy (non-hydrogen) atoms. The highest BCUT2D eigenvalue weighted by Crippen LogP contribution is 2.30. The quantitative estimate of drug-likeness (QED) is 0.906. The Hall–Kier alpha value is -2.30. The van der Waals surface area contributed by atoms with E-state index >= 15 is 0 Å². The third-order valence-corrected chi connectivity index (χ3v) is 3.89. The molecule has 1 atom stereocenters. The molecule has 110 valence electrons. The van der Waals surface area contributed by atoms with Gasteiger partial charge in [-0.25, -0.2) is 9.78 Å². The first-order valence-corrected chi connectivity index (χ1v) is 7.34. The molecule has 0 aliphatic carbocycles. The average molecular weight is 285 g/mol. The van der Waals surface area contributed by atoms with E-state index in [-0.39, 0.29) is 11.7 Å². The summed E-state index contributed by atoms with van der Waals surface area (Å²) in [6, 6.07) is 8.76. The van der Waals surface area contributed by atoms with Crippen molar-refractivity contribution in [2.75, 3.05) is 11.9 Å². The Balaban J connectivity index is 1.92. The molecule has 0 saturated carbocycles. The lowest BCUT2D eigenvalue weighted by molar-refractivity contribution is 0.0691. The van der Waals surface area contributed by atoms with Crippen molar-refractivity contribution >= 4 is 11.9 Å². The monoisotopic (exact) mass is 285 g/mol. The number of fused-ring (bicyclic) bond motifs is 1. The van der Waals surface area contributed by atoms with Crippen LogP contribution in [0.1, 0.15) is 47.4 Å². The molecule has 0 amide bonds. The number of imidazole rings is 1. The zero-order chi connectivity index (χ0) is 14.8. The van der Waals surface area contributed by atoms with E-state index in [1.165, 1.54) is 11.1 Å². The molecule has 1 aliphatic heterocycles. The van der Waals surface area contributed by atoms with Crippen LogP contribution in [0.2, 0.25) is 0 Å². The predicted molar refractivity (Wildman–Crippen MR) is 80.9 cm³/mol. The van der Waals surface area contributed by atoms with Gasteiger partial charge in [0.05, 0.1) is 6.04 Å². The molecule has 0 bridgehead atoms. The number of carboxylic acids is 1. The Morgan fingerprint density at radius 1 is 1.43 bits per heavy atom. The summed E-state index contributed by atoms with van der Waals surface area (Å²) in [5, 5.41) is 12.2. The van der Waals surface area contributed by atoms with Crippen LogP contribution < -0.4 is 5.32 Å². The van der Waals surface area contributed by atoms with Gasteiger partial charge in [0.25, 0.3) is 0 Å². The van der Waals surface area contributed by atoms with Gasteiger partial charge < -0.3 is 15.0 Å². The Morgan fingerprint density at radius 3 is 2.86 bits per heavy atom. The molecule has 1 aliphatic rings. The Labute approximate surface area is 123 Å². The van der Waals surface area contributed by atoms with Gasteiger partial charge >= 0.3 is 5.97 Å². The van der Waals surface area contributed by atoms with Crippen LogP contribution in [0.5, 0.6) is 0 Å². The minimum atomic E-state index is -0.990. The molecule has 1 aromatic heterocycles. The smallest absolute Gasteiger partial charge is 0.356 e. The Bertz CT molecular complexity index is 646. The van der Waals surface area contributed by atoms with E-state index < -0.39 is 5.97 Å². The normalized spacial score (nSPS) is 17.1. The molecule has 3 rings (SSSR count). The van der Waals surface area contributed by atoms with Gasteiger partial charge in [-0.15, -0.1) is 0 Å². The van der Waals surface area contributed by atoms with Crippen LogP contribution >= 0.6 is 0 Å². The number of aryl methyl sites for hydroxylation is 1. The van der Waals surface area contributed by atoms with E-state index in [1.54, 1.807) is 6.20 Å². The second-order valence-electron chi connectivity index (χ2n) is 5.39. The van der Waals surface area contributed by atoms with Crippen LogP contribution in [0, 0.1) is 0 Å². The third-order valence-electron chi connectivity index (χ3n) is 3.89. The SMILES string of the molecule is CCCc1ccc(C2CCNc3nc(C(=O)O)cn32)cc1. The van der Waals surface area contributed by atoms with Crippen molar-refractivity contribution in [3.8, 4) is 0 Å². The molecule has 2 heterocycles. The van der Waals surface area contributed by atoms with Crippen LogP contribution in [0.15, 0.2) is 30.5 Å². The zero-order valence-electron chi connectivity index (χ0n) is 12.0. The average Bonchev–Trinajstić information content (AvgIpc) is 2.93. The summed E-state index contributed by atoms with van der Waals surface area (Å²) in [5.74, 6) is -0.350. The van der Waals surface area contributed by atoms with Crippen molar-refractivity contribution in [2.24, 2.45) is 0 Å². The maximum atomic E-state index is 11.1. The number of aromatic nitrogens is 2. The number of hydrogen-bond donors (Lipinski definition) is 2. The molecule has 0 fully saturated rings. The molecule has 0 radical (unpaired) electrons. The highest BCUT2D eigenvalue weighted by molar-refractivity contribution is 5.85. The summed E-state index contributed by atoms with van der Waals surface area (Å²) in [4.78, 5) is 15.2. The lowest BCUT2D eigenvalue weighted by atomic mass is 9.99. The molecule has 5 nitrogen and oxygen atoms in total. The van der Waals surface area contributed by atoms with Gasteiger partial charge in [0.2, 0.25) is 5.95 Å². The Kier molecular flexibility index (Phi) is 3.64. The fourth-order valence-corrected chi connectivity index (χ4v) is 2.85. The van der Waals surface area contributed by atoms with Crippen LogP contribution in [-0.2, 0) is 6.42 Å². The zero-order valence-corrected chi connectivity index (χ0v) is 12.0. The predicted octanol–water partition coefficient (Wildman–Crippen LogP) is 2.94. The first kappa shape index (κ1) is 13.7. The highest BCUT2D eigenvalue weighted by atomic mass is 16.4. The summed E-state index contributed by atoms with van der Waals surface area (Å²) in [7, 11) is 0. The van der Waals surface area contributed by atoms with Crippen molar-refractivity contribution in [3.63, 3.8) is 0 Å². The van der Waals surface area contributed by atoms with Crippen molar-refractivity contribution < 1.29 is 9.90 Å². The molecule has 2 N–H and O–H groups in total. The number of aromatic carboxylic acids is 1. The van der Waals surface area contributed by atoms with Crippen molar-refractivity contribution in [1.82, 2.24) is 9.55 Å². The lowest BCUT2D eigenvalue weighted by Gasteiger charge is -2.26. The largest absolute Gasteiger partial charge is 0.476 e. The first-order chi connectivity index (χ1) is 10.2. The molecule has 1 aromatic carbocycles. The summed E-state index contributed by atoms with van der Waals surface area (Å²) >= 11 is 0. The molecule has 2 aromatic rings. The van der Waals surface area contributed by atoms with Gasteiger partial charge in [-0.3, -0.25) is 0 Å². The summed E-state index contributed by atoms with van der Waals surface area (Å²) in [6.07, 6.45) is 4.77.